The van der Waals surface area contributed by atoms with Gasteiger partial charge < -0.3 is 34.4 Å². The van der Waals surface area contributed by atoms with Crippen molar-refractivity contribution in [2.75, 3.05) is 19.8 Å². The topological polar surface area (TPSA) is 178 Å². The Kier molecular flexibility index (Phi) is 30.4. The molecule has 3 unspecified atom stereocenters. The molecule has 0 bridgehead atoms. The van der Waals surface area contributed by atoms with Crippen molar-refractivity contribution >= 4 is 19.6 Å². The summed E-state index contributed by atoms with van der Waals surface area (Å²) in [5.41, 5.74) is 1.90. The number of unbranched alkanes of at least 4 members (excludes halogenated alkanes) is 19. The van der Waals surface area contributed by atoms with E-state index in [9.17, 15) is 34.4 Å². The fourth-order valence-electron chi connectivity index (χ4n) is 16.6. The van der Waals surface area contributed by atoms with E-state index in [2.05, 4.69) is 54.5 Å². The van der Waals surface area contributed by atoms with E-state index in [0.29, 0.717) is 36.5 Å². The van der Waals surface area contributed by atoms with E-state index in [4.69, 9.17) is 23.3 Å². The van der Waals surface area contributed by atoms with Crippen LogP contribution in [0.5, 0.6) is 0 Å². The van der Waals surface area contributed by atoms with E-state index >= 15 is 0 Å². The molecule has 5 fully saturated rings. The summed E-state index contributed by atoms with van der Waals surface area (Å²) < 4.78 is 42.4. The molecule has 0 spiro atoms. The van der Waals surface area contributed by atoms with Gasteiger partial charge in [-0.05, 0) is 129 Å². The van der Waals surface area contributed by atoms with Crippen molar-refractivity contribution in [1.29, 1.82) is 0 Å². The van der Waals surface area contributed by atoms with Gasteiger partial charge in [0.2, 0.25) is 0 Å². The number of carbonyl (C=O) groups excluding carboxylic acids is 2. The Morgan fingerprint density at radius 3 is 1.89 bits per heavy atom. The third-order valence-electron chi connectivity index (χ3n) is 22.0. The van der Waals surface area contributed by atoms with Gasteiger partial charge >= 0.3 is 13.8 Å². The highest BCUT2D eigenvalue weighted by molar-refractivity contribution is 7.47. The predicted molar refractivity (Wildman–Crippen MR) is 329 cm³/mol. The molecule has 5 aliphatic carbocycles. The van der Waals surface area contributed by atoms with E-state index < -0.39 is 63.6 Å². The Morgan fingerprint density at radius 2 is 1.27 bits per heavy atom. The number of aliphatic hydroxyl groups excluding tert-OH is 3. The zero-order valence-electron chi connectivity index (χ0n) is 53.2. The molecule has 4 saturated carbocycles. The molecule has 0 aromatic heterocycles. The molecule has 6 rings (SSSR count). The largest absolute Gasteiger partial charge is 0.472 e. The maximum Gasteiger partial charge on any atom is 0.472 e. The molecule has 6 aliphatic rings. The van der Waals surface area contributed by atoms with Crippen LogP contribution in [0.4, 0.5) is 0 Å². The quantitative estimate of drug-likeness (QED) is 0.0197. The van der Waals surface area contributed by atoms with Crippen molar-refractivity contribution in [3.8, 4) is 0 Å². The monoisotopic (exact) mass is 1170 g/mol. The summed E-state index contributed by atoms with van der Waals surface area (Å²) in [5.74, 6) is 4.66. The summed E-state index contributed by atoms with van der Waals surface area (Å²) in [6, 6.07) is 0. The molecule has 1 aliphatic heterocycles. The minimum absolute atomic E-state index is 0.0782. The first-order valence-electron chi connectivity index (χ1n) is 34.7. The maximum absolute atomic E-state index is 13.7. The number of ether oxygens (including phenoxy) is 3. The van der Waals surface area contributed by atoms with Gasteiger partial charge in [-0.3, -0.25) is 18.6 Å². The number of hydrogen-bond acceptors (Lipinski definition) is 11. The van der Waals surface area contributed by atoms with Crippen LogP contribution in [0.2, 0.25) is 0 Å². The molecular formula is C69H123O12P. The van der Waals surface area contributed by atoms with Crippen molar-refractivity contribution in [1.82, 2.24) is 0 Å². The van der Waals surface area contributed by atoms with Gasteiger partial charge in [-0.1, -0.05) is 221 Å². The van der Waals surface area contributed by atoms with E-state index in [1.165, 1.54) is 160 Å². The summed E-state index contributed by atoms with van der Waals surface area (Å²) in [6.45, 7) is 15.4. The van der Waals surface area contributed by atoms with E-state index in [1.54, 1.807) is 0 Å². The molecule has 12 nitrogen and oxygen atoms in total. The fraction of sp³-hybridized carbons (Fsp3) is 0.942. The first-order chi connectivity index (χ1) is 39.4. The molecule has 1 saturated heterocycles. The van der Waals surface area contributed by atoms with Crippen LogP contribution in [0, 0.1) is 64.1 Å². The number of hydrogen-bond donors (Lipinski definition) is 4. The normalized spacial score (nSPS) is 33.0. The van der Waals surface area contributed by atoms with Crippen molar-refractivity contribution < 1.29 is 57.6 Å². The summed E-state index contributed by atoms with van der Waals surface area (Å²) >= 11 is 0. The van der Waals surface area contributed by atoms with Crippen LogP contribution >= 0.6 is 7.82 Å². The lowest BCUT2D eigenvalue weighted by atomic mass is 9.47. The van der Waals surface area contributed by atoms with Gasteiger partial charge in [0, 0.05) is 12.8 Å². The van der Waals surface area contributed by atoms with Crippen molar-refractivity contribution in [3.63, 3.8) is 0 Å². The average Bonchev–Trinajstić information content (AvgIpc) is 4.05. The van der Waals surface area contributed by atoms with Gasteiger partial charge in [0.15, 0.2) is 6.29 Å². The van der Waals surface area contributed by atoms with Gasteiger partial charge in [0.25, 0.3) is 0 Å². The Labute approximate surface area is 499 Å². The highest BCUT2D eigenvalue weighted by Gasteiger charge is 2.59. The molecule has 0 radical (unpaired) electrons. The van der Waals surface area contributed by atoms with E-state index in [-0.39, 0.29) is 36.8 Å². The van der Waals surface area contributed by atoms with Crippen LogP contribution in [0.15, 0.2) is 11.6 Å². The Hall–Kier alpha value is -1.21. The SMILES string of the molecule is CCCCCCCCCCCCCC(=O)OC[C@H](COP(=O)(O)OC[C@H]1O[C@H](O[C@H]2CC[C@@]3(C)C(=CC[C@H]4[C@@H]5CC[C@H]([C@H](C)CCCC(C)C)[C@@]5(C)CC[C@@H]43)C2)[C@H](O)[C@@H](O)[C@@H]1O)C(=O)CCCCCCCC1CC1CCCCCCCC. The average molecular weight is 1180 g/mol. The number of phosphoric acid groups is 1. The van der Waals surface area contributed by atoms with Crippen molar-refractivity contribution in [2.45, 2.75) is 329 Å². The Bertz CT molecular complexity index is 1910. The van der Waals surface area contributed by atoms with Gasteiger partial charge in [-0.15, -0.1) is 0 Å². The van der Waals surface area contributed by atoms with Crippen LogP contribution in [0.1, 0.15) is 292 Å². The Morgan fingerprint density at radius 1 is 0.671 bits per heavy atom. The van der Waals surface area contributed by atoms with Gasteiger partial charge in [0.05, 0.1) is 25.2 Å². The van der Waals surface area contributed by atoms with Crippen molar-refractivity contribution in [3.05, 3.63) is 11.6 Å². The molecule has 476 valence electrons. The number of rotatable bonds is 43. The minimum Gasteiger partial charge on any atom is -0.465 e. The van der Waals surface area contributed by atoms with Crippen LogP contribution in [-0.2, 0) is 37.4 Å². The zero-order valence-corrected chi connectivity index (χ0v) is 54.1. The molecule has 13 heteroatoms. The molecule has 0 amide bonds. The van der Waals surface area contributed by atoms with E-state index in [0.717, 1.165) is 93.3 Å². The van der Waals surface area contributed by atoms with Crippen LogP contribution in [0.3, 0.4) is 0 Å². The number of fused-ring (bicyclic) bond motifs is 5. The second-order valence-corrected chi connectivity index (χ2v) is 30.1. The fourth-order valence-corrected chi connectivity index (χ4v) is 17.4. The van der Waals surface area contributed by atoms with Crippen LogP contribution in [-0.4, -0.2) is 88.6 Å². The number of carbonyl (C=O) groups is 2. The lowest BCUT2D eigenvalue weighted by molar-refractivity contribution is -0.312. The summed E-state index contributed by atoms with van der Waals surface area (Å²) in [6.07, 6.45) is 37.9. The molecular weight excluding hydrogens is 1050 g/mol. The number of phosphoric ester groups is 1. The first kappa shape index (κ1) is 69.9. The molecule has 0 aromatic carbocycles. The van der Waals surface area contributed by atoms with Crippen molar-refractivity contribution in [2.24, 2.45) is 64.1 Å². The van der Waals surface area contributed by atoms with Gasteiger partial charge in [-0.2, -0.15) is 0 Å². The molecule has 0 aromatic rings. The number of aliphatic hydroxyl groups is 3. The maximum atomic E-state index is 13.7. The smallest absolute Gasteiger partial charge is 0.465 e. The van der Waals surface area contributed by atoms with E-state index in [1.807, 2.05) is 0 Å². The van der Waals surface area contributed by atoms with Crippen LogP contribution in [0.25, 0.3) is 0 Å². The third-order valence-corrected chi connectivity index (χ3v) is 22.9. The first-order valence-corrected chi connectivity index (χ1v) is 36.2. The molecule has 17 atom stereocenters. The zero-order chi connectivity index (χ0) is 59.1. The number of ketones is 1. The highest BCUT2D eigenvalue weighted by atomic mass is 31.2. The lowest BCUT2D eigenvalue weighted by Gasteiger charge is -2.58. The second kappa shape index (κ2) is 35.7. The predicted octanol–water partition coefficient (Wildman–Crippen LogP) is 16.9. The summed E-state index contributed by atoms with van der Waals surface area (Å²) in [5, 5.41) is 33.3. The van der Waals surface area contributed by atoms with Gasteiger partial charge in [-0.25, -0.2) is 4.57 Å². The summed E-state index contributed by atoms with van der Waals surface area (Å²) in [7, 11) is -4.86. The number of esters is 1. The Balaban J connectivity index is 0.943. The molecule has 4 N–H and O–H groups in total. The van der Waals surface area contributed by atoms with Gasteiger partial charge in [0.1, 0.15) is 36.8 Å². The number of Topliss-reactive ketones (excluding diaryl/α,β-unsaturated/α-hetero) is 1. The highest BCUT2D eigenvalue weighted by Crippen LogP contribution is 2.67. The minimum atomic E-state index is -4.86. The van der Waals surface area contributed by atoms with Crippen LogP contribution < -0.4 is 0 Å². The lowest BCUT2D eigenvalue weighted by Crippen LogP contribution is -2.60. The summed E-state index contributed by atoms with van der Waals surface area (Å²) in [4.78, 5) is 37.6. The number of allylic oxidation sites excluding steroid dienone is 1. The second-order valence-electron chi connectivity index (χ2n) is 28.6. The molecule has 1 heterocycles. The molecule has 82 heavy (non-hydrogen) atoms. The third kappa shape index (κ3) is 21.5. The standard InChI is InChI=1S/C69H123O12P/c1-8-10-12-14-16-17-18-19-20-25-29-36-63(71)77-47-54(61(70)35-28-24-21-23-27-34-53-45-52(53)33-26-22-15-13-11-9-2)48-78-82(75,76)79-49-62-64(72)65(73)66(74)67(81-62)80-56-41-43-68(6)55(46-56)37-38-57-59-40-39-58(51(5)32-30-31-50(3)4)69(59,7)44-42-60(57)68/h37,50-54,56-60,62,64-67,72-74H,8-36,38-49H2,1-7H3,(H,75,76)/t51-,52?,53?,54-,56+,57+,58-,59+,60+,62-,64-,65+,66-,67+,68+,69-/m1/s1.